The zero-order chi connectivity index (χ0) is 20.1. The molecule has 2 aromatic carbocycles. The molecule has 2 heterocycles. The van der Waals surface area contributed by atoms with Crippen molar-refractivity contribution in [3.63, 3.8) is 0 Å². The molecule has 29 heavy (non-hydrogen) atoms. The first-order valence-corrected chi connectivity index (χ1v) is 10.1. The van der Waals surface area contributed by atoms with Crippen LogP contribution in [0.1, 0.15) is 48.1 Å². The molecule has 4 rings (SSSR count). The molecule has 0 spiro atoms. The molecule has 0 radical (unpaired) electrons. The summed E-state index contributed by atoms with van der Waals surface area (Å²) in [6.45, 7) is 0.731. The fourth-order valence-electron chi connectivity index (χ4n) is 3.96. The van der Waals surface area contributed by atoms with Crippen LogP contribution in [-0.4, -0.2) is 29.4 Å². The minimum atomic E-state index is -0.101. The standard InChI is InChI=1S/C24H26N2O3/c1-28-22-13-6-5-11-19(22)16-23(27)26-14-8-7-12-21(26)24-25-17-20(29-24)15-18-9-3-2-4-10-18/h2-6,9-11,13,17,21H,7-8,12,14-16H2,1H3. The molecule has 5 heteroatoms. The van der Waals surface area contributed by atoms with E-state index in [0.717, 1.165) is 42.9 Å². The highest BCUT2D eigenvalue weighted by Gasteiger charge is 2.31. The SMILES string of the molecule is COc1ccccc1CC(=O)N1CCCCC1c1ncc(Cc2ccccc2)o1. The maximum Gasteiger partial charge on any atom is 0.227 e. The highest BCUT2D eigenvalue weighted by Crippen LogP contribution is 2.32. The number of para-hydroxylation sites is 1. The van der Waals surface area contributed by atoms with Gasteiger partial charge in [0.25, 0.3) is 0 Å². The summed E-state index contributed by atoms with van der Waals surface area (Å²) in [5.74, 6) is 2.30. The Hall–Kier alpha value is -3.08. The number of rotatable bonds is 6. The van der Waals surface area contributed by atoms with Crippen LogP contribution >= 0.6 is 0 Å². The van der Waals surface area contributed by atoms with E-state index >= 15 is 0 Å². The summed E-state index contributed by atoms with van der Waals surface area (Å²) in [6.07, 6.45) is 5.77. The van der Waals surface area contributed by atoms with Gasteiger partial charge in [-0.25, -0.2) is 4.98 Å². The van der Waals surface area contributed by atoms with Crippen molar-refractivity contribution < 1.29 is 13.9 Å². The van der Waals surface area contributed by atoms with Gasteiger partial charge in [0.2, 0.25) is 11.8 Å². The average Bonchev–Trinajstić information content (AvgIpc) is 3.23. The predicted octanol–water partition coefficient (Wildman–Crippen LogP) is 4.57. The van der Waals surface area contributed by atoms with Gasteiger partial charge in [-0.05, 0) is 30.9 Å². The van der Waals surface area contributed by atoms with Gasteiger partial charge in [-0.2, -0.15) is 0 Å². The van der Waals surface area contributed by atoms with Crippen molar-refractivity contribution >= 4 is 5.91 Å². The lowest BCUT2D eigenvalue weighted by molar-refractivity contribution is -0.135. The van der Waals surface area contributed by atoms with E-state index in [9.17, 15) is 4.79 Å². The number of hydrogen-bond acceptors (Lipinski definition) is 4. The molecule has 1 amide bonds. The number of piperidine rings is 1. The second-order valence-electron chi connectivity index (χ2n) is 7.41. The summed E-state index contributed by atoms with van der Waals surface area (Å²) in [7, 11) is 1.63. The zero-order valence-corrected chi connectivity index (χ0v) is 16.7. The van der Waals surface area contributed by atoms with Crippen LogP contribution in [-0.2, 0) is 17.6 Å². The Morgan fingerprint density at radius 2 is 1.93 bits per heavy atom. The lowest BCUT2D eigenvalue weighted by Gasteiger charge is -2.34. The summed E-state index contributed by atoms with van der Waals surface area (Å²) in [5.41, 5.74) is 2.09. The van der Waals surface area contributed by atoms with Gasteiger partial charge < -0.3 is 14.1 Å². The molecule has 1 unspecified atom stereocenters. The summed E-state index contributed by atoms with van der Waals surface area (Å²) in [5, 5.41) is 0. The number of benzene rings is 2. The minimum absolute atomic E-state index is 0.0852. The first kappa shape index (κ1) is 19.2. The highest BCUT2D eigenvalue weighted by molar-refractivity contribution is 5.80. The Bertz CT molecular complexity index is 952. The molecule has 0 aliphatic carbocycles. The predicted molar refractivity (Wildman–Crippen MR) is 111 cm³/mol. The van der Waals surface area contributed by atoms with E-state index < -0.39 is 0 Å². The van der Waals surface area contributed by atoms with Crippen molar-refractivity contribution in [3.8, 4) is 5.75 Å². The topological polar surface area (TPSA) is 55.6 Å². The second-order valence-corrected chi connectivity index (χ2v) is 7.41. The normalized spacial score (nSPS) is 16.6. The first-order chi connectivity index (χ1) is 14.2. The van der Waals surface area contributed by atoms with Crippen LogP contribution in [0.25, 0.3) is 0 Å². The molecule has 150 valence electrons. The molecule has 1 fully saturated rings. The van der Waals surface area contributed by atoms with Crippen LogP contribution in [0.15, 0.2) is 65.2 Å². The molecule has 1 atom stereocenters. The van der Waals surface area contributed by atoms with E-state index in [1.165, 1.54) is 5.56 Å². The van der Waals surface area contributed by atoms with Crippen LogP contribution in [0, 0.1) is 0 Å². The monoisotopic (exact) mass is 390 g/mol. The fourth-order valence-corrected chi connectivity index (χ4v) is 3.96. The molecule has 3 aromatic rings. The Morgan fingerprint density at radius 1 is 1.14 bits per heavy atom. The highest BCUT2D eigenvalue weighted by atomic mass is 16.5. The van der Waals surface area contributed by atoms with Crippen LogP contribution in [0.3, 0.4) is 0 Å². The van der Waals surface area contributed by atoms with Gasteiger partial charge >= 0.3 is 0 Å². The van der Waals surface area contributed by atoms with Crippen molar-refractivity contribution in [2.75, 3.05) is 13.7 Å². The van der Waals surface area contributed by atoms with Crippen LogP contribution in [0.5, 0.6) is 5.75 Å². The average molecular weight is 390 g/mol. The van der Waals surface area contributed by atoms with Crippen molar-refractivity contribution in [2.24, 2.45) is 0 Å². The Labute approximate surface area is 171 Å². The molecule has 1 aliphatic heterocycles. The van der Waals surface area contributed by atoms with E-state index in [0.29, 0.717) is 18.7 Å². The second kappa shape index (κ2) is 8.95. The number of likely N-dealkylation sites (tertiary alicyclic amines) is 1. The third-order valence-corrected chi connectivity index (χ3v) is 5.44. The molecule has 1 saturated heterocycles. The van der Waals surface area contributed by atoms with Crippen LogP contribution < -0.4 is 4.74 Å². The molecular formula is C24H26N2O3. The number of ether oxygens (including phenoxy) is 1. The van der Waals surface area contributed by atoms with Crippen molar-refractivity contribution in [1.29, 1.82) is 0 Å². The maximum absolute atomic E-state index is 13.1. The molecular weight excluding hydrogens is 364 g/mol. The van der Waals surface area contributed by atoms with Gasteiger partial charge in [-0.1, -0.05) is 48.5 Å². The quantitative estimate of drug-likeness (QED) is 0.619. The number of hydrogen-bond donors (Lipinski definition) is 0. The van der Waals surface area contributed by atoms with E-state index in [2.05, 4.69) is 17.1 Å². The van der Waals surface area contributed by atoms with Gasteiger partial charge in [0.1, 0.15) is 17.6 Å². The van der Waals surface area contributed by atoms with Gasteiger partial charge in [-0.15, -0.1) is 0 Å². The van der Waals surface area contributed by atoms with Crippen molar-refractivity contribution in [1.82, 2.24) is 9.88 Å². The minimum Gasteiger partial charge on any atom is -0.496 e. The summed E-state index contributed by atoms with van der Waals surface area (Å²) >= 11 is 0. The maximum atomic E-state index is 13.1. The van der Waals surface area contributed by atoms with Gasteiger partial charge in [0, 0.05) is 18.5 Å². The number of nitrogens with zero attached hydrogens (tertiary/aromatic N) is 2. The number of carbonyl (C=O) groups excluding carboxylic acids is 1. The number of methoxy groups -OCH3 is 1. The molecule has 0 N–H and O–H groups in total. The lowest BCUT2D eigenvalue weighted by Crippen LogP contribution is -2.39. The van der Waals surface area contributed by atoms with Crippen molar-refractivity contribution in [3.05, 3.63) is 83.6 Å². The Kier molecular flexibility index (Phi) is 5.94. The van der Waals surface area contributed by atoms with E-state index in [4.69, 9.17) is 9.15 Å². The van der Waals surface area contributed by atoms with Crippen LogP contribution in [0.2, 0.25) is 0 Å². The molecule has 1 aromatic heterocycles. The molecule has 0 bridgehead atoms. The first-order valence-electron chi connectivity index (χ1n) is 10.1. The van der Waals surface area contributed by atoms with Gasteiger partial charge in [0.15, 0.2) is 0 Å². The Morgan fingerprint density at radius 3 is 2.76 bits per heavy atom. The molecule has 0 saturated carbocycles. The molecule has 5 nitrogen and oxygen atoms in total. The summed E-state index contributed by atoms with van der Waals surface area (Å²) in [6, 6.07) is 17.8. The fraction of sp³-hybridized carbons (Fsp3) is 0.333. The smallest absolute Gasteiger partial charge is 0.227 e. The number of amides is 1. The lowest BCUT2D eigenvalue weighted by atomic mass is 10.0. The summed E-state index contributed by atoms with van der Waals surface area (Å²) in [4.78, 5) is 19.6. The van der Waals surface area contributed by atoms with Crippen molar-refractivity contribution in [2.45, 2.75) is 38.1 Å². The summed E-state index contributed by atoms with van der Waals surface area (Å²) < 4.78 is 11.5. The van der Waals surface area contributed by atoms with Gasteiger partial charge in [-0.3, -0.25) is 4.79 Å². The van der Waals surface area contributed by atoms with E-state index in [1.54, 1.807) is 13.3 Å². The third-order valence-electron chi connectivity index (χ3n) is 5.44. The van der Waals surface area contributed by atoms with E-state index in [1.807, 2.05) is 47.4 Å². The van der Waals surface area contributed by atoms with Crippen LogP contribution in [0.4, 0.5) is 0 Å². The largest absolute Gasteiger partial charge is 0.496 e. The number of carbonyl (C=O) groups is 1. The Balaban J connectivity index is 1.49. The zero-order valence-electron chi connectivity index (χ0n) is 16.7. The molecule has 1 aliphatic rings. The number of aromatic nitrogens is 1. The van der Waals surface area contributed by atoms with E-state index in [-0.39, 0.29) is 11.9 Å². The third kappa shape index (κ3) is 4.50. The number of oxazole rings is 1. The van der Waals surface area contributed by atoms with Gasteiger partial charge in [0.05, 0.1) is 19.7 Å².